The molecule has 0 radical (unpaired) electrons. The number of para-hydroxylation sites is 1. The number of carboxylic acids is 1. The summed E-state index contributed by atoms with van der Waals surface area (Å²) < 4.78 is 2.07. The van der Waals surface area contributed by atoms with Crippen LogP contribution in [0.15, 0.2) is 124 Å². The van der Waals surface area contributed by atoms with E-state index in [1.165, 1.54) is 11.8 Å². The summed E-state index contributed by atoms with van der Waals surface area (Å²) in [5.41, 5.74) is 12.6. The smallest absolute Gasteiger partial charge is 0.336 e. The van der Waals surface area contributed by atoms with Gasteiger partial charge in [0.15, 0.2) is 6.54 Å². The first-order chi connectivity index (χ1) is 20.5. The Labute approximate surface area is 251 Å². The molecule has 0 atom stereocenters. The Morgan fingerprint density at radius 1 is 0.929 bits per heavy atom. The molecular formula is C33H25ClN5O2S+. The number of aromatic carboxylic acids is 1. The first kappa shape index (κ1) is 27.4. The molecule has 1 aliphatic rings. The van der Waals surface area contributed by atoms with Crippen LogP contribution in [0.5, 0.6) is 0 Å². The lowest BCUT2D eigenvalue weighted by Crippen LogP contribution is -2.42. The van der Waals surface area contributed by atoms with E-state index >= 15 is 0 Å². The molecule has 7 nitrogen and oxygen atoms in total. The summed E-state index contributed by atoms with van der Waals surface area (Å²) in [7, 11) is 0. The van der Waals surface area contributed by atoms with E-state index in [4.69, 9.17) is 27.4 Å². The molecule has 4 aromatic carbocycles. The summed E-state index contributed by atoms with van der Waals surface area (Å²) in [6.45, 7) is 0.332. The van der Waals surface area contributed by atoms with E-state index in [-0.39, 0.29) is 5.56 Å². The van der Waals surface area contributed by atoms with Crippen molar-refractivity contribution >= 4 is 62.5 Å². The molecule has 42 heavy (non-hydrogen) atoms. The van der Waals surface area contributed by atoms with E-state index in [1.54, 1.807) is 18.2 Å². The number of aliphatic imine (C=N–C) groups is 1. The third-order valence-electron chi connectivity index (χ3n) is 6.91. The third-order valence-corrected chi connectivity index (χ3v) is 8.01. The summed E-state index contributed by atoms with van der Waals surface area (Å²) >= 11 is 7.71. The number of anilines is 1. The van der Waals surface area contributed by atoms with E-state index < -0.39 is 5.97 Å². The van der Waals surface area contributed by atoms with Gasteiger partial charge in [0.1, 0.15) is 5.71 Å². The maximum absolute atomic E-state index is 12.3. The van der Waals surface area contributed by atoms with Crippen molar-refractivity contribution in [3.63, 3.8) is 0 Å². The van der Waals surface area contributed by atoms with Gasteiger partial charge in [-0.2, -0.15) is 4.57 Å². The van der Waals surface area contributed by atoms with E-state index in [0.717, 1.165) is 33.6 Å². The van der Waals surface area contributed by atoms with Gasteiger partial charge < -0.3 is 10.8 Å². The Kier molecular flexibility index (Phi) is 7.81. The minimum atomic E-state index is -0.995. The van der Waals surface area contributed by atoms with Gasteiger partial charge in [-0.05, 0) is 48.0 Å². The molecule has 0 spiro atoms. The van der Waals surface area contributed by atoms with Crippen LogP contribution in [-0.2, 0) is 6.54 Å². The fourth-order valence-corrected chi connectivity index (χ4v) is 5.71. The molecule has 0 amide bonds. The lowest BCUT2D eigenvalue weighted by molar-refractivity contribution is -0.644. The van der Waals surface area contributed by atoms with Crippen LogP contribution in [0.1, 0.15) is 21.5 Å². The van der Waals surface area contributed by atoms with Crippen LogP contribution in [0.3, 0.4) is 0 Å². The van der Waals surface area contributed by atoms with E-state index in [2.05, 4.69) is 9.67 Å². The van der Waals surface area contributed by atoms with Gasteiger partial charge in [0.05, 0.1) is 16.7 Å². The second kappa shape index (κ2) is 12.0. The van der Waals surface area contributed by atoms with Crippen LogP contribution < -0.4 is 10.3 Å². The Morgan fingerprint density at radius 2 is 1.62 bits per heavy atom. The van der Waals surface area contributed by atoms with E-state index in [1.807, 2.05) is 91.0 Å². The third kappa shape index (κ3) is 5.81. The minimum absolute atomic E-state index is 0.220. The number of amidine groups is 1. The summed E-state index contributed by atoms with van der Waals surface area (Å²) in [5, 5.41) is 21.2. The van der Waals surface area contributed by atoms with Crippen molar-refractivity contribution in [2.75, 3.05) is 11.5 Å². The molecule has 0 fully saturated rings. The van der Waals surface area contributed by atoms with Gasteiger partial charge in [-0.25, -0.2) is 9.79 Å². The van der Waals surface area contributed by atoms with Gasteiger partial charge in [0, 0.05) is 39.7 Å². The molecule has 1 aliphatic heterocycles. The van der Waals surface area contributed by atoms with Crippen LogP contribution in [0.2, 0.25) is 5.02 Å². The number of nitrogens with zero attached hydrogens (tertiary/aromatic N) is 4. The number of thioether (sulfide) groups is 1. The highest BCUT2D eigenvalue weighted by Gasteiger charge is 2.26. The van der Waals surface area contributed by atoms with E-state index in [9.17, 15) is 9.90 Å². The molecule has 6 rings (SSSR count). The Balaban J connectivity index is 1.48. The molecule has 3 N–H and O–H groups in total. The number of rotatable bonds is 7. The molecule has 0 bridgehead atoms. The summed E-state index contributed by atoms with van der Waals surface area (Å²) in [6, 6.07) is 34.0. The van der Waals surface area contributed by atoms with Gasteiger partial charge in [-0.3, -0.25) is 0 Å². The van der Waals surface area contributed by atoms with Gasteiger partial charge in [-0.15, -0.1) is 10.2 Å². The number of pyridine rings is 1. The van der Waals surface area contributed by atoms with Gasteiger partial charge in [0.25, 0.3) is 0 Å². The predicted molar refractivity (Wildman–Crippen MR) is 172 cm³/mol. The lowest BCUT2D eigenvalue weighted by Gasteiger charge is -2.11. The summed E-state index contributed by atoms with van der Waals surface area (Å²) in [4.78, 5) is 17.0. The highest BCUT2D eigenvalue weighted by molar-refractivity contribution is 8.15. The minimum Gasteiger partial charge on any atom is -0.478 e. The fourth-order valence-electron chi connectivity index (χ4n) is 4.82. The number of hydrogen-bond acceptors (Lipinski definition) is 5. The number of carboxylic acid groups (broad SMARTS) is 1. The van der Waals surface area contributed by atoms with Crippen LogP contribution in [0.4, 0.5) is 5.69 Å². The average Bonchev–Trinajstić information content (AvgIpc) is 3.49. The SMILES string of the molecule is Nc1ccc(C2=N/C(=N/N=C(/C[n+]3c(-c4ccc(Cl)cc4)cc(C(=O)O)c4ccccc43)c3ccccc3)SC2)cc1. The highest BCUT2D eigenvalue weighted by Crippen LogP contribution is 2.26. The number of nitrogens with two attached hydrogens (primary N) is 1. The van der Waals surface area contributed by atoms with Crippen LogP contribution >= 0.6 is 23.4 Å². The zero-order valence-corrected chi connectivity index (χ0v) is 23.9. The van der Waals surface area contributed by atoms with Crippen LogP contribution in [0, 0.1) is 0 Å². The molecular weight excluding hydrogens is 566 g/mol. The van der Waals surface area contributed by atoms with E-state index in [0.29, 0.717) is 39.3 Å². The quantitative estimate of drug-likeness (QED) is 0.0949. The van der Waals surface area contributed by atoms with Gasteiger partial charge in [-0.1, -0.05) is 78.0 Å². The normalized spacial score (nSPS) is 14.4. The van der Waals surface area contributed by atoms with Crippen molar-refractivity contribution in [3.8, 4) is 11.3 Å². The average molecular weight is 591 g/mol. The molecule has 206 valence electrons. The van der Waals surface area contributed by atoms with Crippen molar-refractivity contribution in [3.05, 3.63) is 131 Å². The Morgan fingerprint density at radius 3 is 2.36 bits per heavy atom. The standard InChI is InChI=1S/C33H24ClN5O2S/c34-24-14-10-23(11-15-24)31-18-27(32(40)41)26-8-4-5-9-30(26)39(31)19-28(21-6-2-1-3-7-21)37-38-33-36-29(20-42-33)22-12-16-25(35)17-13-22/h1-18H,19-20H2,(H2-,35,36,38,40,41)/p+1/b37-28-. The summed E-state index contributed by atoms with van der Waals surface area (Å²) in [5.74, 6) is -0.305. The van der Waals surface area contributed by atoms with Gasteiger partial charge >= 0.3 is 5.97 Å². The van der Waals surface area contributed by atoms with Crippen molar-refractivity contribution in [1.82, 2.24) is 0 Å². The number of hydrogen-bond donors (Lipinski definition) is 2. The zero-order chi connectivity index (χ0) is 29.1. The van der Waals surface area contributed by atoms with Crippen LogP contribution in [0.25, 0.3) is 22.2 Å². The van der Waals surface area contributed by atoms with Crippen molar-refractivity contribution in [2.45, 2.75) is 6.54 Å². The number of carbonyl (C=O) groups is 1. The first-order valence-electron chi connectivity index (χ1n) is 13.2. The molecule has 0 saturated carbocycles. The highest BCUT2D eigenvalue weighted by atomic mass is 35.5. The van der Waals surface area contributed by atoms with Crippen molar-refractivity contribution in [1.29, 1.82) is 0 Å². The van der Waals surface area contributed by atoms with Crippen molar-refractivity contribution < 1.29 is 14.5 Å². The first-order valence-corrected chi connectivity index (χ1v) is 14.5. The summed E-state index contributed by atoms with van der Waals surface area (Å²) in [6.07, 6.45) is 0. The molecule has 0 unspecified atom stereocenters. The van der Waals surface area contributed by atoms with Crippen molar-refractivity contribution in [2.24, 2.45) is 15.2 Å². The fraction of sp³-hybridized carbons (Fsp3) is 0.0606. The number of halogens is 1. The molecule has 5 aromatic rings. The maximum Gasteiger partial charge on any atom is 0.336 e. The predicted octanol–water partition coefficient (Wildman–Crippen LogP) is 6.72. The number of fused-ring (bicyclic) bond motifs is 1. The Bertz CT molecular complexity index is 1890. The largest absolute Gasteiger partial charge is 0.478 e. The van der Waals surface area contributed by atoms with Crippen LogP contribution in [-0.4, -0.2) is 33.4 Å². The number of aromatic nitrogens is 1. The molecule has 1 aromatic heterocycles. The topological polar surface area (TPSA) is 104 Å². The Hall–Kier alpha value is -4.79. The number of nitrogen functional groups attached to an aromatic ring is 1. The molecule has 0 saturated heterocycles. The molecule has 9 heteroatoms. The second-order valence-corrected chi connectivity index (χ2v) is 11.0. The second-order valence-electron chi connectivity index (χ2n) is 9.62. The number of benzene rings is 4. The van der Waals surface area contributed by atoms with Gasteiger partial charge in [0.2, 0.25) is 16.4 Å². The molecule has 0 aliphatic carbocycles. The molecule has 2 heterocycles. The monoisotopic (exact) mass is 590 g/mol. The lowest BCUT2D eigenvalue weighted by atomic mass is 10.0. The zero-order valence-electron chi connectivity index (χ0n) is 22.3. The maximum atomic E-state index is 12.3.